The summed E-state index contributed by atoms with van der Waals surface area (Å²) in [6.07, 6.45) is 3.77. The molecule has 4 heteroatoms. The van der Waals surface area contributed by atoms with E-state index in [9.17, 15) is 5.11 Å². The number of β-amino-alcohol motifs (C(OH)–C–C–N with tert-alkyl or cyclic N) is 1. The average molecular weight is 299 g/mol. The number of rotatable bonds is 4. The van der Waals surface area contributed by atoms with Gasteiger partial charge in [0.25, 0.3) is 0 Å². The lowest BCUT2D eigenvalue weighted by atomic mass is 9.92. The van der Waals surface area contributed by atoms with Crippen LogP contribution in [0.3, 0.4) is 0 Å². The Balaban J connectivity index is 1.77. The number of likely N-dealkylation sites (N-methyl/N-ethyl adjacent to an activating group) is 1. The highest BCUT2D eigenvalue weighted by Crippen LogP contribution is 2.25. The Bertz CT molecular complexity index is 638. The zero-order chi connectivity index (χ0) is 15.6. The summed E-state index contributed by atoms with van der Waals surface area (Å²) in [5.74, 6) is 0. The van der Waals surface area contributed by atoms with E-state index in [0.717, 1.165) is 44.5 Å². The maximum Gasteiger partial charge on any atom is 0.0900 e. The molecule has 1 aliphatic heterocycles. The summed E-state index contributed by atoms with van der Waals surface area (Å²) in [5, 5.41) is 12.0. The Kier molecular flexibility index (Phi) is 4.43. The highest BCUT2D eigenvalue weighted by molar-refractivity contribution is 5.81. The van der Waals surface area contributed by atoms with Gasteiger partial charge < -0.3 is 10.0 Å². The Morgan fingerprint density at radius 1 is 1.27 bits per heavy atom. The number of hydrogen-bond acceptors (Lipinski definition) is 4. The summed E-state index contributed by atoms with van der Waals surface area (Å²) in [6, 6.07) is 10.4. The van der Waals surface area contributed by atoms with Crippen LogP contribution in [0.4, 0.5) is 0 Å². The standard InChI is InChI=1S/C18H25N3O/c1-20(2)13-18(22)9-5-11-21(14-18)12-15-6-3-8-17-16(15)7-4-10-19-17/h3-4,6-8,10,22H,5,9,11-14H2,1-2H3/t18-/m0/s1. The molecule has 1 N–H and O–H groups in total. The normalized spacial score (nSPS) is 23.3. The van der Waals surface area contributed by atoms with Gasteiger partial charge in [0.2, 0.25) is 0 Å². The maximum absolute atomic E-state index is 10.8. The molecule has 1 aromatic heterocycles. The molecule has 0 aliphatic carbocycles. The summed E-state index contributed by atoms with van der Waals surface area (Å²) < 4.78 is 0. The first kappa shape index (κ1) is 15.4. The molecule has 118 valence electrons. The van der Waals surface area contributed by atoms with Crippen molar-refractivity contribution in [3.05, 3.63) is 42.1 Å². The predicted molar refractivity (Wildman–Crippen MR) is 89.8 cm³/mol. The molecule has 0 bridgehead atoms. The van der Waals surface area contributed by atoms with E-state index in [1.54, 1.807) is 0 Å². The summed E-state index contributed by atoms with van der Waals surface area (Å²) in [7, 11) is 4.04. The van der Waals surface area contributed by atoms with Gasteiger partial charge in [-0.3, -0.25) is 9.88 Å². The van der Waals surface area contributed by atoms with E-state index in [1.807, 2.05) is 26.4 Å². The van der Waals surface area contributed by atoms with E-state index >= 15 is 0 Å². The van der Waals surface area contributed by atoms with Gasteiger partial charge in [0.15, 0.2) is 0 Å². The molecule has 1 saturated heterocycles. The van der Waals surface area contributed by atoms with Crippen molar-refractivity contribution in [1.29, 1.82) is 0 Å². The van der Waals surface area contributed by atoms with E-state index in [0.29, 0.717) is 0 Å². The molecule has 0 radical (unpaired) electrons. The molecule has 22 heavy (non-hydrogen) atoms. The number of likely N-dealkylation sites (tertiary alicyclic amines) is 1. The number of benzene rings is 1. The van der Waals surface area contributed by atoms with Gasteiger partial charge in [0.1, 0.15) is 0 Å². The van der Waals surface area contributed by atoms with Gasteiger partial charge in [-0.15, -0.1) is 0 Å². The molecule has 4 nitrogen and oxygen atoms in total. The van der Waals surface area contributed by atoms with Crippen LogP contribution in [0.25, 0.3) is 10.9 Å². The Hall–Kier alpha value is -1.49. The van der Waals surface area contributed by atoms with Crippen molar-refractivity contribution in [3.8, 4) is 0 Å². The summed E-state index contributed by atoms with van der Waals surface area (Å²) in [6.45, 7) is 3.38. The summed E-state index contributed by atoms with van der Waals surface area (Å²) in [4.78, 5) is 8.87. The van der Waals surface area contributed by atoms with Crippen molar-refractivity contribution >= 4 is 10.9 Å². The van der Waals surface area contributed by atoms with Gasteiger partial charge in [-0.1, -0.05) is 18.2 Å². The molecule has 0 unspecified atom stereocenters. The quantitative estimate of drug-likeness (QED) is 0.939. The van der Waals surface area contributed by atoms with Crippen LogP contribution < -0.4 is 0 Å². The number of piperidine rings is 1. The van der Waals surface area contributed by atoms with Crippen LogP contribution in [0.15, 0.2) is 36.5 Å². The van der Waals surface area contributed by atoms with Gasteiger partial charge in [-0.25, -0.2) is 0 Å². The second kappa shape index (κ2) is 6.32. The highest BCUT2D eigenvalue weighted by Gasteiger charge is 2.33. The van der Waals surface area contributed by atoms with Gasteiger partial charge in [-0.2, -0.15) is 0 Å². The zero-order valence-corrected chi connectivity index (χ0v) is 13.5. The topological polar surface area (TPSA) is 39.6 Å². The van der Waals surface area contributed by atoms with Crippen molar-refractivity contribution in [3.63, 3.8) is 0 Å². The minimum absolute atomic E-state index is 0.593. The third kappa shape index (κ3) is 3.46. The van der Waals surface area contributed by atoms with Gasteiger partial charge in [0, 0.05) is 31.2 Å². The first-order valence-electron chi connectivity index (χ1n) is 7.98. The maximum atomic E-state index is 10.8. The molecule has 0 saturated carbocycles. The number of aliphatic hydroxyl groups is 1. The third-order valence-electron chi connectivity index (χ3n) is 4.37. The fourth-order valence-corrected chi connectivity index (χ4v) is 3.60. The van der Waals surface area contributed by atoms with Crippen LogP contribution in [-0.4, -0.2) is 59.2 Å². The number of fused-ring (bicyclic) bond motifs is 1. The van der Waals surface area contributed by atoms with Crippen LogP contribution in [0.1, 0.15) is 18.4 Å². The smallest absolute Gasteiger partial charge is 0.0900 e. The molecule has 2 heterocycles. The van der Waals surface area contributed by atoms with E-state index in [4.69, 9.17) is 0 Å². The average Bonchev–Trinajstić information content (AvgIpc) is 2.46. The van der Waals surface area contributed by atoms with Crippen molar-refractivity contribution in [2.75, 3.05) is 33.7 Å². The second-order valence-electron chi connectivity index (χ2n) is 6.76. The lowest BCUT2D eigenvalue weighted by molar-refractivity contribution is -0.0479. The number of aromatic nitrogens is 1. The lowest BCUT2D eigenvalue weighted by Crippen LogP contribution is -2.52. The van der Waals surface area contributed by atoms with Crippen LogP contribution >= 0.6 is 0 Å². The first-order chi connectivity index (χ1) is 10.6. The van der Waals surface area contributed by atoms with Crippen molar-refractivity contribution in [2.24, 2.45) is 0 Å². The van der Waals surface area contributed by atoms with Crippen molar-refractivity contribution in [2.45, 2.75) is 25.0 Å². The first-order valence-corrected chi connectivity index (χ1v) is 7.98. The minimum Gasteiger partial charge on any atom is -0.387 e. The lowest BCUT2D eigenvalue weighted by Gasteiger charge is -2.40. The molecule has 1 atom stereocenters. The van der Waals surface area contributed by atoms with Crippen molar-refractivity contribution in [1.82, 2.24) is 14.8 Å². The fraction of sp³-hybridized carbons (Fsp3) is 0.500. The summed E-state index contributed by atoms with van der Waals surface area (Å²) >= 11 is 0. The van der Waals surface area contributed by atoms with E-state index in [1.165, 1.54) is 10.9 Å². The third-order valence-corrected chi connectivity index (χ3v) is 4.37. The Morgan fingerprint density at radius 2 is 2.14 bits per heavy atom. The minimum atomic E-state index is -0.593. The predicted octanol–water partition coefficient (Wildman–Crippen LogP) is 2.12. The Labute approximate surface area is 132 Å². The number of nitrogens with zero attached hydrogens (tertiary/aromatic N) is 3. The van der Waals surface area contributed by atoms with E-state index in [-0.39, 0.29) is 0 Å². The van der Waals surface area contributed by atoms with Crippen LogP contribution in [0.5, 0.6) is 0 Å². The van der Waals surface area contributed by atoms with Crippen LogP contribution in [0.2, 0.25) is 0 Å². The monoisotopic (exact) mass is 299 g/mol. The molecule has 1 aromatic carbocycles. The second-order valence-corrected chi connectivity index (χ2v) is 6.76. The van der Waals surface area contributed by atoms with Gasteiger partial charge in [-0.05, 0) is 51.2 Å². The van der Waals surface area contributed by atoms with E-state index in [2.05, 4.69) is 39.0 Å². The molecular formula is C18H25N3O. The van der Waals surface area contributed by atoms with E-state index < -0.39 is 5.60 Å². The summed E-state index contributed by atoms with van der Waals surface area (Å²) in [5.41, 5.74) is 1.74. The molecule has 1 aliphatic rings. The molecule has 0 amide bonds. The number of hydrogen-bond donors (Lipinski definition) is 1. The SMILES string of the molecule is CN(C)C[C@@]1(O)CCCN(Cc2cccc3ncccc23)C1. The zero-order valence-electron chi connectivity index (χ0n) is 13.5. The molecule has 3 rings (SSSR count). The fourth-order valence-electron chi connectivity index (χ4n) is 3.60. The highest BCUT2D eigenvalue weighted by atomic mass is 16.3. The van der Waals surface area contributed by atoms with Gasteiger partial charge >= 0.3 is 0 Å². The molecule has 0 spiro atoms. The molecule has 1 fully saturated rings. The molecule has 2 aromatic rings. The molecular weight excluding hydrogens is 274 g/mol. The van der Waals surface area contributed by atoms with Crippen molar-refractivity contribution < 1.29 is 5.11 Å². The number of pyridine rings is 1. The largest absolute Gasteiger partial charge is 0.387 e. The van der Waals surface area contributed by atoms with Gasteiger partial charge in [0.05, 0.1) is 11.1 Å². The van der Waals surface area contributed by atoms with Crippen LogP contribution in [0, 0.1) is 0 Å². The Morgan fingerprint density at radius 3 is 2.95 bits per heavy atom. The van der Waals surface area contributed by atoms with Crippen LogP contribution in [-0.2, 0) is 6.54 Å².